The van der Waals surface area contributed by atoms with E-state index in [1.54, 1.807) is 23.3 Å². The van der Waals surface area contributed by atoms with Crippen LogP contribution in [0, 0.1) is 23.2 Å². The molecule has 0 spiro atoms. The van der Waals surface area contributed by atoms with Gasteiger partial charge in [0.2, 0.25) is 0 Å². The Morgan fingerprint density at radius 1 is 1.22 bits per heavy atom. The van der Waals surface area contributed by atoms with Crippen molar-refractivity contribution in [3.63, 3.8) is 0 Å². The average Bonchev–Trinajstić information content (AvgIpc) is 2.59. The van der Waals surface area contributed by atoms with E-state index in [-0.39, 0.29) is 29.0 Å². The van der Waals surface area contributed by atoms with Gasteiger partial charge in [-0.1, -0.05) is 0 Å². The minimum atomic E-state index is -3.49. The molecule has 2 heterocycles. The Balaban J connectivity index is 1.37. The summed E-state index contributed by atoms with van der Waals surface area (Å²) in [6.45, 7) is 2.48. The third-order valence-electron chi connectivity index (χ3n) is 7.45. The SMILES string of the molecule is C[C@@H](NC(=O)C1=CC=CN2CCS(=O)(=O)N=C12)C12CC3CC(CC(C3)C1)C2. The minimum absolute atomic E-state index is 0.0145. The number of hydrogen-bond acceptors (Lipinski definition) is 4. The van der Waals surface area contributed by atoms with Crippen molar-refractivity contribution in [3.05, 3.63) is 23.9 Å². The van der Waals surface area contributed by atoms with Crippen LogP contribution < -0.4 is 5.32 Å². The van der Waals surface area contributed by atoms with Crippen molar-refractivity contribution >= 4 is 21.8 Å². The van der Waals surface area contributed by atoms with E-state index < -0.39 is 10.0 Å². The van der Waals surface area contributed by atoms with Crippen LogP contribution in [0.1, 0.15) is 45.4 Å². The highest BCUT2D eigenvalue weighted by molar-refractivity contribution is 7.90. The molecule has 7 heteroatoms. The van der Waals surface area contributed by atoms with E-state index in [9.17, 15) is 13.2 Å². The number of carbonyl (C=O) groups is 1. The molecule has 146 valence electrons. The minimum Gasteiger partial charge on any atom is -0.349 e. The highest BCUT2D eigenvalue weighted by Gasteiger charge is 2.53. The summed E-state index contributed by atoms with van der Waals surface area (Å²) in [5.41, 5.74) is 0.577. The predicted molar refractivity (Wildman–Crippen MR) is 103 cm³/mol. The third-order valence-corrected chi connectivity index (χ3v) is 8.60. The van der Waals surface area contributed by atoms with Crippen LogP contribution in [0.15, 0.2) is 28.3 Å². The predicted octanol–water partition coefficient (Wildman–Crippen LogP) is 2.21. The van der Waals surface area contributed by atoms with Crippen LogP contribution in [0.4, 0.5) is 0 Å². The number of nitrogens with zero attached hydrogens (tertiary/aromatic N) is 2. The first-order valence-corrected chi connectivity index (χ1v) is 11.7. The van der Waals surface area contributed by atoms with Gasteiger partial charge in [0.05, 0.1) is 11.3 Å². The monoisotopic (exact) mass is 389 g/mol. The number of fused-ring (bicyclic) bond motifs is 1. The van der Waals surface area contributed by atoms with Gasteiger partial charge in [0.1, 0.15) is 0 Å². The largest absolute Gasteiger partial charge is 0.349 e. The zero-order valence-electron chi connectivity index (χ0n) is 15.7. The summed E-state index contributed by atoms with van der Waals surface area (Å²) >= 11 is 0. The Morgan fingerprint density at radius 2 is 1.85 bits per heavy atom. The first-order chi connectivity index (χ1) is 12.8. The quantitative estimate of drug-likeness (QED) is 0.803. The van der Waals surface area contributed by atoms with Gasteiger partial charge < -0.3 is 10.2 Å². The molecule has 0 aromatic rings. The molecule has 6 rings (SSSR count). The van der Waals surface area contributed by atoms with E-state index in [0.717, 1.165) is 17.8 Å². The maximum Gasteiger partial charge on any atom is 0.256 e. The Bertz CT molecular complexity index is 836. The molecule has 1 atom stereocenters. The number of sulfonamides is 1. The fraction of sp³-hybridized carbons (Fsp3) is 0.700. The van der Waals surface area contributed by atoms with E-state index in [2.05, 4.69) is 16.6 Å². The maximum absolute atomic E-state index is 13.1. The summed E-state index contributed by atoms with van der Waals surface area (Å²) in [6.07, 6.45) is 13.0. The van der Waals surface area contributed by atoms with Gasteiger partial charge in [0, 0.05) is 18.8 Å². The highest BCUT2D eigenvalue weighted by Crippen LogP contribution is 2.61. The highest BCUT2D eigenvalue weighted by atomic mass is 32.2. The van der Waals surface area contributed by atoms with Gasteiger partial charge in [-0.15, -0.1) is 4.40 Å². The molecule has 0 saturated heterocycles. The molecule has 4 saturated carbocycles. The van der Waals surface area contributed by atoms with Gasteiger partial charge in [0.25, 0.3) is 15.9 Å². The molecular formula is C20H27N3O3S. The molecule has 27 heavy (non-hydrogen) atoms. The zero-order valence-corrected chi connectivity index (χ0v) is 16.5. The van der Waals surface area contributed by atoms with E-state index >= 15 is 0 Å². The number of carbonyl (C=O) groups excluding carboxylic acids is 1. The lowest BCUT2D eigenvalue weighted by Crippen LogP contribution is -2.56. The van der Waals surface area contributed by atoms with Crippen molar-refractivity contribution in [1.29, 1.82) is 0 Å². The van der Waals surface area contributed by atoms with Crippen LogP contribution in [0.2, 0.25) is 0 Å². The Morgan fingerprint density at radius 3 is 2.48 bits per heavy atom. The summed E-state index contributed by atoms with van der Waals surface area (Å²) in [4.78, 5) is 14.8. The number of nitrogens with one attached hydrogen (secondary N) is 1. The normalized spacial score (nSPS) is 39.4. The van der Waals surface area contributed by atoms with Crippen molar-refractivity contribution in [2.24, 2.45) is 27.6 Å². The van der Waals surface area contributed by atoms with Crippen molar-refractivity contribution in [3.8, 4) is 0 Å². The van der Waals surface area contributed by atoms with Gasteiger partial charge in [0.15, 0.2) is 5.84 Å². The summed E-state index contributed by atoms with van der Waals surface area (Å²) in [6, 6.07) is 0.0967. The summed E-state index contributed by atoms with van der Waals surface area (Å²) in [5.74, 6) is 2.53. The Kier molecular flexibility index (Phi) is 3.84. The van der Waals surface area contributed by atoms with Crippen molar-refractivity contribution in [2.75, 3.05) is 12.3 Å². The average molecular weight is 390 g/mol. The van der Waals surface area contributed by atoms with E-state index in [4.69, 9.17) is 0 Å². The summed E-state index contributed by atoms with van der Waals surface area (Å²) in [7, 11) is -3.49. The van der Waals surface area contributed by atoms with Crippen LogP contribution in [0.25, 0.3) is 0 Å². The number of allylic oxidation sites excluding steroid dienone is 2. The van der Waals surface area contributed by atoms with Gasteiger partial charge in [-0.25, -0.2) is 8.42 Å². The molecule has 1 amide bonds. The third kappa shape index (κ3) is 2.94. The number of rotatable bonds is 3. The first kappa shape index (κ1) is 17.5. The van der Waals surface area contributed by atoms with Crippen LogP contribution >= 0.6 is 0 Å². The molecule has 6 nitrogen and oxygen atoms in total. The van der Waals surface area contributed by atoms with E-state index in [0.29, 0.717) is 12.1 Å². The standard InChI is InChI=1S/C20H27N3O3S/c1-13(20-10-14-7-15(11-20)9-16(8-14)12-20)21-19(24)17-3-2-4-23-5-6-27(25,26)22-18(17)23/h2-4,13-16H,5-12H2,1H3,(H,21,24)/t13-,14?,15?,16?,20?/m1/s1. The molecule has 1 N–H and O–H groups in total. The lowest BCUT2D eigenvalue weighted by Gasteiger charge is -2.59. The molecule has 4 aliphatic carbocycles. The van der Waals surface area contributed by atoms with Crippen molar-refractivity contribution in [2.45, 2.75) is 51.5 Å². The van der Waals surface area contributed by atoms with Gasteiger partial charge in [-0.2, -0.15) is 0 Å². The molecule has 4 bridgehead atoms. The molecular weight excluding hydrogens is 362 g/mol. The molecule has 0 aromatic carbocycles. The summed E-state index contributed by atoms with van der Waals surface area (Å²) < 4.78 is 27.7. The van der Waals surface area contributed by atoms with Crippen LogP contribution in [0.5, 0.6) is 0 Å². The van der Waals surface area contributed by atoms with Crippen LogP contribution in [-0.4, -0.2) is 43.4 Å². The second-order valence-corrected chi connectivity index (χ2v) is 11.0. The molecule has 0 unspecified atom stereocenters. The van der Waals surface area contributed by atoms with Crippen molar-refractivity contribution in [1.82, 2.24) is 10.2 Å². The fourth-order valence-corrected chi connectivity index (χ4v) is 7.51. The zero-order chi connectivity index (χ0) is 18.8. The number of amides is 1. The molecule has 2 aliphatic heterocycles. The molecule has 0 radical (unpaired) electrons. The number of hydrogen-bond donors (Lipinski definition) is 1. The molecule has 0 aromatic heterocycles. The molecule has 6 aliphatic rings. The lowest BCUT2D eigenvalue weighted by atomic mass is 9.48. The van der Waals surface area contributed by atoms with Crippen LogP contribution in [-0.2, 0) is 14.8 Å². The second-order valence-electron chi connectivity index (χ2n) is 9.29. The topological polar surface area (TPSA) is 78.8 Å². The number of amidine groups is 1. The van der Waals surface area contributed by atoms with E-state index in [1.807, 2.05) is 0 Å². The first-order valence-electron chi connectivity index (χ1n) is 10.1. The van der Waals surface area contributed by atoms with Crippen molar-refractivity contribution < 1.29 is 13.2 Å². The Labute approximate surface area is 160 Å². The van der Waals surface area contributed by atoms with Crippen LogP contribution in [0.3, 0.4) is 0 Å². The Hall–Kier alpha value is -1.63. The van der Waals surface area contributed by atoms with Gasteiger partial charge >= 0.3 is 0 Å². The summed E-state index contributed by atoms with van der Waals surface area (Å²) in [5, 5.41) is 3.22. The van der Waals surface area contributed by atoms with Gasteiger partial charge in [-0.3, -0.25) is 4.79 Å². The second kappa shape index (κ2) is 5.93. The molecule has 4 fully saturated rings. The lowest BCUT2D eigenvalue weighted by molar-refractivity contribution is -0.121. The van der Waals surface area contributed by atoms with E-state index in [1.165, 1.54) is 38.5 Å². The van der Waals surface area contributed by atoms with Gasteiger partial charge in [-0.05, 0) is 80.8 Å². The smallest absolute Gasteiger partial charge is 0.256 e. The maximum atomic E-state index is 13.1. The fourth-order valence-electron chi connectivity index (χ4n) is 6.53.